The molecule has 6 heteroatoms. The number of fused-ring (bicyclic) bond motifs is 2. The molecule has 23 heavy (non-hydrogen) atoms. The molecule has 0 radical (unpaired) electrons. The second-order valence-corrected chi connectivity index (χ2v) is 5.94. The van der Waals surface area contributed by atoms with E-state index in [1.807, 2.05) is 30.3 Å². The molecular weight excluding hydrogens is 294 g/mol. The van der Waals surface area contributed by atoms with Crippen LogP contribution in [0.5, 0.6) is 0 Å². The molecule has 6 nitrogen and oxygen atoms in total. The van der Waals surface area contributed by atoms with Crippen molar-refractivity contribution in [2.75, 3.05) is 19.7 Å². The molecule has 2 fully saturated rings. The predicted octanol–water partition coefficient (Wildman–Crippen LogP) is 0.964. The van der Waals surface area contributed by atoms with Gasteiger partial charge in [-0.05, 0) is 17.9 Å². The van der Waals surface area contributed by atoms with E-state index in [-0.39, 0.29) is 30.6 Å². The Hall–Kier alpha value is -2.47. The van der Waals surface area contributed by atoms with Gasteiger partial charge in [-0.1, -0.05) is 24.3 Å². The number of amides is 2. The summed E-state index contributed by atoms with van der Waals surface area (Å²) in [6.45, 7) is 1.18. The normalized spacial score (nSPS) is 24.2. The fraction of sp³-hybridized carbons (Fsp3) is 0.353. The molecule has 0 spiro atoms. The third-order valence-corrected chi connectivity index (χ3v) is 4.49. The zero-order valence-corrected chi connectivity index (χ0v) is 12.6. The highest BCUT2D eigenvalue weighted by Crippen LogP contribution is 2.22. The number of likely N-dealkylation sites (tertiary alicyclic amines) is 1. The molecule has 2 saturated heterocycles. The van der Waals surface area contributed by atoms with Gasteiger partial charge in [0, 0.05) is 24.7 Å². The van der Waals surface area contributed by atoms with Crippen LogP contribution < -0.4 is 5.32 Å². The minimum absolute atomic E-state index is 0.00257. The Morgan fingerprint density at radius 1 is 1.30 bits per heavy atom. The Balaban J connectivity index is 1.60. The molecule has 2 aromatic rings. The number of pyridine rings is 1. The minimum Gasteiger partial charge on any atom is -0.366 e. The van der Waals surface area contributed by atoms with E-state index < -0.39 is 0 Å². The van der Waals surface area contributed by atoms with Crippen molar-refractivity contribution in [3.8, 4) is 0 Å². The van der Waals surface area contributed by atoms with Crippen molar-refractivity contribution in [1.29, 1.82) is 0 Å². The summed E-state index contributed by atoms with van der Waals surface area (Å²) in [6, 6.07) is 9.49. The largest absolute Gasteiger partial charge is 0.366 e. The monoisotopic (exact) mass is 311 g/mol. The maximum atomic E-state index is 12.9. The first-order valence-corrected chi connectivity index (χ1v) is 7.76. The molecule has 0 bridgehead atoms. The lowest BCUT2D eigenvalue weighted by Crippen LogP contribution is -2.61. The molecule has 118 valence electrons. The SMILES string of the molecule is O=C1CO[C@@H]2CCN(C(=O)c3nccc4ccccc34)C[C@@H]2N1. The number of hydrogen-bond acceptors (Lipinski definition) is 4. The second kappa shape index (κ2) is 5.62. The van der Waals surface area contributed by atoms with Crippen LogP contribution in [0.15, 0.2) is 36.5 Å². The molecule has 3 heterocycles. The Kier molecular flexibility index (Phi) is 3.46. The highest BCUT2D eigenvalue weighted by molar-refractivity contribution is 6.05. The lowest BCUT2D eigenvalue weighted by molar-refractivity contribution is -0.139. The quantitative estimate of drug-likeness (QED) is 0.852. The third-order valence-electron chi connectivity index (χ3n) is 4.49. The maximum Gasteiger partial charge on any atom is 0.273 e. The molecule has 4 rings (SSSR count). The van der Waals surface area contributed by atoms with Crippen molar-refractivity contribution in [2.24, 2.45) is 0 Å². The van der Waals surface area contributed by atoms with Gasteiger partial charge in [-0.25, -0.2) is 0 Å². The van der Waals surface area contributed by atoms with E-state index in [0.29, 0.717) is 18.8 Å². The van der Waals surface area contributed by atoms with Crippen molar-refractivity contribution in [3.05, 3.63) is 42.2 Å². The number of carbonyl (C=O) groups is 2. The first kappa shape index (κ1) is 14.1. The highest BCUT2D eigenvalue weighted by Gasteiger charge is 2.36. The van der Waals surface area contributed by atoms with Crippen LogP contribution >= 0.6 is 0 Å². The van der Waals surface area contributed by atoms with Crippen molar-refractivity contribution in [1.82, 2.24) is 15.2 Å². The smallest absolute Gasteiger partial charge is 0.273 e. The number of hydrogen-bond donors (Lipinski definition) is 1. The lowest BCUT2D eigenvalue weighted by atomic mass is 9.99. The predicted molar refractivity (Wildman–Crippen MR) is 83.9 cm³/mol. The molecule has 0 saturated carbocycles. The van der Waals surface area contributed by atoms with Crippen LogP contribution in [0.2, 0.25) is 0 Å². The second-order valence-electron chi connectivity index (χ2n) is 5.94. The van der Waals surface area contributed by atoms with Crippen molar-refractivity contribution >= 4 is 22.6 Å². The van der Waals surface area contributed by atoms with Gasteiger partial charge in [0.25, 0.3) is 5.91 Å². The Labute approximate surface area is 133 Å². The van der Waals surface area contributed by atoms with Gasteiger partial charge in [0.1, 0.15) is 12.3 Å². The Bertz CT molecular complexity index is 771. The topological polar surface area (TPSA) is 71.5 Å². The standard InChI is InChI=1S/C17H17N3O3/c21-15-10-23-14-6-8-20(9-13(14)19-15)17(22)16-12-4-2-1-3-11(12)5-7-18-16/h1-5,7,13-14H,6,8-10H2,(H,19,21)/t13-,14+/m0/s1. The molecule has 2 aliphatic rings. The fourth-order valence-corrected chi connectivity index (χ4v) is 3.32. The Morgan fingerprint density at radius 2 is 2.17 bits per heavy atom. The van der Waals surface area contributed by atoms with Crippen molar-refractivity contribution in [3.63, 3.8) is 0 Å². The van der Waals surface area contributed by atoms with E-state index in [0.717, 1.165) is 17.2 Å². The van der Waals surface area contributed by atoms with Crippen LogP contribution in [0.1, 0.15) is 16.9 Å². The summed E-state index contributed by atoms with van der Waals surface area (Å²) >= 11 is 0. The summed E-state index contributed by atoms with van der Waals surface area (Å²) < 4.78 is 5.53. The van der Waals surface area contributed by atoms with Gasteiger partial charge in [0.15, 0.2) is 0 Å². The summed E-state index contributed by atoms with van der Waals surface area (Å²) in [5, 5.41) is 4.76. The van der Waals surface area contributed by atoms with Gasteiger partial charge in [0.05, 0.1) is 12.1 Å². The zero-order valence-electron chi connectivity index (χ0n) is 12.6. The van der Waals surface area contributed by atoms with Crippen molar-refractivity contribution in [2.45, 2.75) is 18.6 Å². The van der Waals surface area contributed by atoms with Gasteiger partial charge >= 0.3 is 0 Å². The van der Waals surface area contributed by atoms with Crippen LogP contribution in [0.4, 0.5) is 0 Å². The van der Waals surface area contributed by atoms with E-state index in [4.69, 9.17) is 4.74 Å². The Morgan fingerprint density at radius 3 is 3.09 bits per heavy atom. The van der Waals surface area contributed by atoms with Gasteiger partial charge in [-0.15, -0.1) is 0 Å². The van der Waals surface area contributed by atoms with E-state index in [9.17, 15) is 9.59 Å². The first-order valence-electron chi connectivity index (χ1n) is 7.76. The van der Waals surface area contributed by atoms with Crippen LogP contribution in [0, 0.1) is 0 Å². The molecule has 1 aromatic heterocycles. The summed E-state index contributed by atoms with van der Waals surface area (Å²) in [6.07, 6.45) is 2.38. The first-order chi connectivity index (χ1) is 11.2. The fourth-order valence-electron chi connectivity index (χ4n) is 3.32. The number of rotatable bonds is 1. The molecule has 0 unspecified atom stereocenters. The van der Waals surface area contributed by atoms with Gasteiger partial charge in [-0.3, -0.25) is 14.6 Å². The van der Waals surface area contributed by atoms with E-state index in [1.165, 1.54) is 0 Å². The number of piperidine rings is 1. The molecule has 1 N–H and O–H groups in total. The highest BCUT2D eigenvalue weighted by atomic mass is 16.5. The van der Waals surface area contributed by atoms with Crippen LogP contribution in [0.3, 0.4) is 0 Å². The van der Waals surface area contributed by atoms with E-state index in [2.05, 4.69) is 10.3 Å². The number of nitrogens with one attached hydrogen (secondary N) is 1. The average Bonchev–Trinajstić information content (AvgIpc) is 2.60. The third kappa shape index (κ3) is 2.55. The molecule has 2 aliphatic heterocycles. The van der Waals surface area contributed by atoms with Gasteiger partial charge in [0.2, 0.25) is 5.91 Å². The lowest BCUT2D eigenvalue weighted by Gasteiger charge is -2.41. The minimum atomic E-state index is -0.135. The van der Waals surface area contributed by atoms with Crippen LogP contribution in [-0.2, 0) is 9.53 Å². The van der Waals surface area contributed by atoms with E-state index in [1.54, 1.807) is 11.1 Å². The van der Waals surface area contributed by atoms with Crippen LogP contribution in [0.25, 0.3) is 10.8 Å². The summed E-state index contributed by atoms with van der Waals surface area (Å²) in [5.74, 6) is -0.219. The van der Waals surface area contributed by atoms with Crippen molar-refractivity contribution < 1.29 is 14.3 Å². The molecule has 2 atom stereocenters. The number of ether oxygens (including phenoxy) is 1. The van der Waals surface area contributed by atoms with Gasteiger partial charge in [-0.2, -0.15) is 0 Å². The molecule has 0 aliphatic carbocycles. The molecule has 2 amide bonds. The summed E-state index contributed by atoms with van der Waals surface area (Å²) in [5.41, 5.74) is 0.463. The number of morpholine rings is 1. The number of carbonyl (C=O) groups excluding carboxylic acids is 2. The molecule has 1 aromatic carbocycles. The number of nitrogens with zero attached hydrogens (tertiary/aromatic N) is 2. The number of benzene rings is 1. The van der Waals surface area contributed by atoms with Crippen LogP contribution in [-0.4, -0.2) is 53.5 Å². The average molecular weight is 311 g/mol. The zero-order chi connectivity index (χ0) is 15.8. The summed E-state index contributed by atoms with van der Waals surface area (Å²) in [4.78, 5) is 30.4. The summed E-state index contributed by atoms with van der Waals surface area (Å²) in [7, 11) is 0. The maximum absolute atomic E-state index is 12.9. The van der Waals surface area contributed by atoms with Gasteiger partial charge < -0.3 is 15.0 Å². The molecular formula is C17H17N3O3. The number of aromatic nitrogens is 1. The van der Waals surface area contributed by atoms with E-state index >= 15 is 0 Å².